The fraction of sp³-hybridized carbons (Fsp3) is 0.538. The molecule has 0 unspecified atom stereocenters. The van der Waals surface area contributed by atoms with Crippen LogP contribution < -0.4 is 4.74 Å². The van der Waals surface area contributed by atoms with Gasteiger partial charge in [0.2, 0.25) is 0 Å². The zero-order chi connectivity index (χ0) is 22.6. The number of fused-ring (bicyclic) bond motifs is 6. The second kappa shape index (κ2) is 7.85. The van der Waals surface area contributed by atoms with Gasteiger partial charge in [-0.15, -0.1) is 0 Å². The van der Waals surface area contributed by atoms with E-state index in [1.807, 2.05) is 0 Å². The third-order valence-electron chi connectivity index (χ3n) is 7.01. The van der Waals surface area contributed by atoms with Crippen molar-refractivity contribution in [3.05, 3.63) is 58.5 Å². The van der Waals surface area contributed by atoms with Crippen LogP contribution in [0.15, 0.2) is 30.5 Å². The summed E-state index contributed by atoms with van der Waals surface area (Å²) in [7, 11) is 5.95. The maximum Gasteiger partial charge on any atom is 0.155 e. The van der Waals surface area contributed by atoms with E-state index in [1.54, 1.807) is 7.11 Å². The quantitative estimate of drug-likeness (QED) is 0.598. The molecule has 5 rings (SSSR count). The van der Waals surface area contributed by atoms with Crippen LogP contribution in [0.2, 0.25) is 0 Å². The van der Waals surface area contributed by atoms with E-state index in [4.69, 9.17) is 14.8 Å². The first kappa shape index (κ1) is 21.4. The van der Waals surface area contributed by atoms with Crippen LogP contribution >= 0.6 is 0 Å². The smallest absolute Gasteiger partial charge is 0.155 e. The van der Waals surface area contributed by atoms with Crippen LogP contribution in [0.4, 0.5) is 0 Å². The molecule has 0 spiro atoms. The molecule has 2 aliphatic heterocycles. The number of methoxy groups -OCH3 is 1. The molecule has 0 radical (unpaired) electrons. The number of aromatic nitrogens is 3. The lowest BCUT2D eigenvalue weighted by molar-refractivity contribution is 0.165. The van der Waals surface area contributed by atoms with Crippen molar-refractivity contribution in [3.63, 3.8) is 0 Å². The van der Waals surface area contributed by atoms with E-state index in [0.717, 1.165) is 36.6 Å². The van der Waals surface area contributed by atoms with E-state index in [2.05, 4.69) is 79.6 Å². The summed E-state index contributed by atoms with van der Waals surface area (Å²) in [5, 5.41) is 4.98. The zero-order valence-electron chi connectivity index (χ0n) is 20.2. The second-order valence-corrected chi connectivity index (χ2v) is 10.7. The lowest BCUT2D eigenvalue weighted by Crippen LogP contribution is -2.38. The summed E-state index contributed by atoms with van der Waals surface area (Å²) in [6.45, 7) is 8.48. The van der Waals surface area contributed by atoms with E-state index < -0.39 is 0 Å². The van der Waals surface area contributed by atoms with Gasteiger partial charge < -0.3 is 9.64 Å². The molecular weight excluding hydrogens is 398 g/mol. The summed E-state index contributed by atoms with van der Waals surface area (Å²) >= 11 is 0. The minimum Gasteiger partial charge on any atom is -0.496 e. The van der Waals surface area contributed by atoms with E-state index in [-0.39, 0.29) is 5.41 Å². The van der Waals surface area contributed by atoms with Crippen molar-refractivity contribution < 1.29 is 4.74 Å². The molecule has 2 bridgehead atoms. The Morgan fingerprint density at radius 1 is 1.16 bits per heavy atom. The predicted octanol–water partition coefficient (Wildman–Crippen LogP) is 4.36. The maximum absolute atomic E-state index is 5.60. The second-order valence-electron chi connectivity index (χ2n) is 10.7. The summed E-state index contributed by atoms with van der Waals surface area (Å²) in [6.07, 6.45) is 5.58. The van der Waals surface area contributed by atoms with Crippen LogP contribution in [0, 0.1) is 0 Å². The highest BCUT2D eigenvalue weighted by molar-refractivity contribution is 5.46. The standard InChI is InChI=1S/C26H35N5O/c1-26(2,3)24-13-25-27-14-20-21-9-8-19(12-22(20)31(25)28-24)30(21)15-17-7-10-23(32-6)18(11-17)16-29(4)5/h7,10-11,13-14,19,21H,8-9,12,15-16H2,1-6H3/t19-,21-/m1/s1. The number of nitrogens with zero attached hydrogens (tertiary/aromatic N) is 5. The van der Waals surface area contributed by atoms with Crippen molar-refractivity contribution >= 4 is 5.65 Å². The highest BCUT2D eigenvalue weighted by Gasteiger charge is 2.41. The highest BCUT2D eigenvalue weighted by atomic mass is 16.5. The van der Waals surface area contributed by atoms with Crippen LogP contribution in [0.25, 0.3) is 5.65 Å². The number of hydrogen-bond donors (Lipinski definition) is 0. The molecule has 6 nitrogen and oxygen atoms in total. The molecule has 1 saturated heterocycles. The molecule has 1 aromatic carbocycles. The Labute approximate surface area is 191 Å². The van der Waals surface area contributed by atoms with Crippen molar-refractivity contribution in [2.75, 3.05) is 21.2 Å². The van der Waals surface area contributed by atoms with Crippen molar-refractivity contribution in [2.45, 2.75) is 70.6 Å². The van der Waals surface area contributed by atoms with Crippen LogP contribution in [0.5, 0.6) is 5.75 Å². The SMILES string of the molecule is COc1ccc(CN2[C@@H]3CC[C@@H]2c2cnc4cc(C(C)(C)C)nn4c2C3)cc1CN(C)C. The van der Waals surface area contributed by atoms with Crippen LogP contribution in [-0.2, 0) is 24.9 Å². The zero-order valence-corrected chi connectivity index (χ0v) is 20.2. The van der Waals surface area contributed by atoms with Gasteiger partial charge in [0.25, 0.3) is 0 Å². The normalized spacial score (nSPS) is 20.8. The average Bonchev–Trinajstić information content (AvgIpc) is 3.28. The summed E-state index contributed by atoms with van der Waals surface area (Å²) in [4.78, 5) is 9.68. The summed E-state index contributed by atoms with van der Waals surface area (Å²) in [5.41, 5.74) is 7.43. The minimum atomic E-state index is 0.0267. The summed E-state index contributed by atoms with van der Waals surface area (Å²) in [5.74, 6) is 0.967. The third-order valence-corrected chi connectivity index (χ3v) is 7.01. The summed E-state index contributed by atoms with van der Waals surface area (Å²) in [6, 6.07) is 9.78. The molecule has 2 atom stereocenters. The number of benzene rings is 1. The third kappa shape index (κ3) is 3.69. The van der Waals surface area contributed by atoms with Crippen LogP contribution in [0.1, 0.15) is 67.7 Å². The first-order valence-corrected chi connectivity index (χ1v) is 11.7. The lowest BCUT2D eigenvalue weighted by Gasteiger charge is -2.36. The van der Waals surface area contributed by atoms with Crippen molar-refractivity contribution in [2.24, 2.45) is 0 Å². The van der Waals surface area contributed by atoms with Gasteiger partial charge in [-0.2, -0.15) is 5.10 Å². The van der Waals surface area contributed by atoms with Gasteiger partial charge >= 0.3 is 0 Å². The minimum absolute atomic E-state index is 0.0267. The molecule has 0 amide bonds. The number of ether oxygens (including phenoxy) is 1. The molecule has 0 N–H and O–H groups in total. The van der Waals surface area contributed by atoms with Gasteiger partial charge in [0.15, 0.2) is 5.65 Å². The van der Waals surface area contributed by atoms with Crippen LogP contribution in [-0.4, -0.2) is 51.6 Å². The Hall–Kier alpha value is -2.44. The Balaban J connectivity index is 1.46. The Morgan fingerprint density at radius 2 is 1.97 bits per heavy atom. The molecule has 32 heavy (non-hydrogen) atoms. The van der Waals surface area contributed by atoms with Gasteiger partial charge in [0, 0.05) is 60.4 Å². The van der Waals surface area contributed by atoms with E-state index in [1.165, 1.54) is 35.2 Å². The van der Waals surface area contributed by atoms with Gasteiger partial charge in [-0.05, 0) is 44.6 Å². The molecular formula is C26H35N5O. The molecule has 2 aromatic heterocycles. The monoisotopic (exact) mass is 433 g/mol. The number of hydrogen-bond acceptors (Lipinski definition) is 5. The Morgan fingerprint density at radius 3 is 2.69 bits per heavy atom. The predicted molar refractivity (Wildman–Crippen MR) is 127 cm³/mol. The fourth-order valence-electron chi connectivity index (χ4n) is 5.40. The Bertz CT molecular complexity index is 1140. The Kier molecular flexibility index (Phi) is 5.25. The van der Waals surface area contributed by atoms with Crippen molar-refractivity contribution in [1.29, 1.82) is 0 Å². The van der Waals surface area contributed by atoms with Gasteiger partial charge in [-0.3, -0.25) is 4.90 Å². The average molecular weight is 434 g/mol. The van der Waals surface area contributed by atoms with E-state index in [9.17, 15) is 0 Å². The molecule has 170 valence electrons. The first-order valence-electron chi connectivity index (χ1n) is 11.7. The van der Waals surface area contributed by atoms with Crippen LogP contribution in [0.3, 0.4) is 0 Å². The van der Waals surface area contributed by atoms with E-state index >= 15 is 0 Å². The molecule has 4 heterocycles. The molecule has 2 aliphatic rings. The van der Waals surface area contributed by atoms with Gasteiger partial charge in [-0.1, -0.05) is 26.8 Å². The molecule has 6 heteroatoms. The lowest BCUT2D eigenvalue weighted by atomic mass is 9.93. The maximum atomic E-state index is 5.60. The van der Waals surface area contributed by atoms with Gasteiger partial charge in [-0.25, -0.2) is 9.50 Å². The highest BCUT2D eigenvalue weighted by Crippen LogP contribution is 2.44. The topological polar surface area (TPSA) is 45.9 Å². The van der Waals surface area contributed by atoms with Gasteiger partial charge in [0.1, 0.15) is 5.75 Å². The molecule has 3 aromatic rings. The molecule has 0 saturated carbocycles. The first-order chi connectivity index (χ1) is 15.2. The largest absolute Gasteiger partial charge is 0.496 e. The molecule has 0 aliphatic carbocycles. The van der Waals surface area contributed by atoms with E-state index in [0.29, 0.717) is 12.1 Å². The fourth-order valence-corrected chi connectivity index (χ4v) is 5.40. The number of rotatable bonds is 5. The summed E-state index contributed by atoms with van der Waals surface area (Å²) < 4.78 is 7.73. The van der Waals surface area contributed by atoms with Gasteiger partial charge in [0.05, 0.1) is 18.5 Å². The van der Waals surface area contributed by atoms with Crippen molar-refractivity contribution in [1.82, 2.24) is 24.4 Å². The molecule has 1 fully saturated rings. The van der Waals surface area contributed by atoms with Crippen molar-refractivity contribution in [3.8, 4) is 5.75 Å².